The number of hydrogen-bond acceptors (Lipinski definition) is 2. The predicted molar refractivity (Wildman–Crippen MR) is 104 cm³/mol. The summed E-state index contributed by atoms with van der Waals surface area (Å²) < 4.78 is 0. The van der Waals surface area contributed by atoms with Gasteiger partial charge in [0.25, 0.3) is 0 Å². The van der Waals surface area contributed by atoms with Crippen molar-refractivity contribution >= 4 is 18.0 Å². The first kappa shape index (κ1) is 17.1. The third kappa shape index (κ3) is 3.85. The van der Waals surface area contributed by atoms with Gasteiger partial charge in [0.15, 0.2) is 0 Å². The average molecular weight is 332 g/mol. The van der Waals surface area contributed by atoms with Crippen LogP contribution in [0.3, 0.4) is 0 Å². The Morgan fingerprint density at radius 3 is 2.48 bits per heavy atom. The molecule has 3 rings (SSSR count). The standard InChI is InChI=1S/C20H33N2P/c1-15(2)10-16-6-7-18(19(11-16)23(3,4)21)22-14-17-12-20(13-17)8-5-9-20/h6-7,11,15,17,21-22H,5,8-10,12-14H2,1-4H3. The molecule has 1 spiro atoms. The zero-order valence-corrected chi connectivity index (χ0v) is 16.2. The largest absolute Gasteiger partial charge is 0.384 e. The molecule has 0 aliphatic heterocycles. The molecule has 2 N–H and O–H groups in total. The molecule has 0 atom stereocenters. The second kappa shape index (κ2) is 6.28. The van der Waals surface area contributed by atoms with Crippen LogP contribution >= 0.6 is 7.05 Å². The molecular formula is C20H33N2P. The van der Waals surface area contributed by atoms with Crippen molar-refractivity contribution in [2.24, 2.45) is 17.3 Å². The molecule has 2 aliphatic rings. The van der Waals surface area contributed by atoms with Gasteiger partial charge >= 0.3 is 0 Å². The van der Waals surface area contributed by atoms with E-state index < -0.39 is 7.05 Å². The van der Waals surface area contributed by atoms with E-state index in [9.17, 15) is 0 Å². The van der Waals surface area contributed by atoms with Crippen molar-refractivity contribution in [2.75, 3.05) is 25.2 Å². The molecule has 0 aromatic heterocycles. The molecule has 0 heterocycles. The fraction of sp³-hybridized carbons (Fsp3) is 0.700. The maximum atomic E-state index is 8.61. The van der Waals surface area contributed by atoms with E-state index in [1.165, 1.54) is 48.7 Å². The first-order valence-corrected chi connectivity index (χ1v) is 11.9. The highest BCUT2D eigenvalue weighted by atomic mass is 31.2. The fourth-order valence-electron chi connectivity index (χ4n) is 4.44. The predicted octanol–water partition coefficient (Wildman–Crippen LogP) is 5.54. The highest BCUT2D eigenvalue weighted by molar-refractivity contribution is 7.71. The molecule has 0 radical (unpaired) electrons. The third-order valence-corrected chi connectivity index (χ3v) is 7.32. The molecule has 0 bridgehead atoms. The van der Waals surface area contributed by atoms with Gasteiger partial charge in [-0.15, -0.1) is 0 Å². The summed E-state index contributed by atoms with van der Waals surface area (Å²) in [5.74, 6) is 1.52. The Morgan fingerprint density at radius 1 is 1.26 bits per heavy atom. The van der Waals surface area contributed by atoms with Crippen molar-refractivity contribution in [1.29, 1.82) is 5.16 Å². The molecule has 23 heavy (non-hydrogen) atoms. The number of hydrogen-bond donors (Lipinski definition) is 2. The van der Waals surface area contributed by atoms with E-state index in [-0.39, 0.29) is 0 Å². The summed E-state index contributed by atoms with van der Waals surface area (Å²) in [6, 6.07) is 6.80. The van der Waals surface area contributed by atoms with Crippen LogP contribution in [-0.4, -0.2) is 19.9 Å². The van der Waals surface area contributed by atoms with Crippen molar-refractivity contribution < 1.29 is 0 Å². The highest BCUT2D eigenvalue weighted by Gasteiger charge is 2.47. The molecule has 2 nitrogen and oxygen atoms in total. The zero-order chi connectivity index (χ0) is 16.7. The van der Waals surface area contributed by atoms with Crippen LogP contribution in [0.25, 0.3) is 0 Å². The monoisotopic (exact) mass is 332 g/mol. The Kier molecular flexibility index (Phi) is 4.67. The minimum absolute atomic E-state index is 0.669. The second-order valence-corrected chi connectivity index (χ2v) is 12.3. The van der Waals surface area contributed by atoms with Crippen LogP contribution in [0.5, 0.6) is 0 Å². The van der Waals surface area contributed by atoms with Gasteiger partial charge in [-0.3, -0.25) is 0 Å². The number of anilines is 1. The van der Waals surface area contributed by atoms with E-state index >= 15 is 0 Å². The Bertz CT molecular complexity index is 602. The van der Waals surface area contributed by atoms with E-state index in [4.69, 9.17) is 5.16 Å². The number of nitrogens with one attached hydrogen (secondary N) is 2. The Balaban J connectivity index is 1.66. The first-order chi connectivity index (χ1) is 10.8. The topological polar surface area (TPSA) is 35.9 Å². The molecule has 1 aromatic carbocycles. The van der Waals surface area contributed by atoms with Crippen LogP contribution < -0.4 is 10.6 Å². The Hall–Kier alpha value is -0.750. The molecule has 2 fully saturated rings. The maximum absolute atomic E-state index is 8.61. The SMILES string of the molecule is CC(C)Cc1ccc(NCC2CC3(CCC3)C2)c(P(C)(C)=N)c1. The van der Waals surface area contributed by atoms with Gasteiger partial charge in [0.2, 0.25) is 0 Å². The highest BCUT2D eigenvalue weighted by Crippen LogP contribution is 2.58. The molecule has 3 heteroatoms. The van der Waals surface area contributed by atoms with Crippen LogP contribution in [0.2, 0.25) is 0 Å². The van der Waals surface area contributed by atoms with Crippen LogP contribution in [-0.2, 0) is 6.42 Å². The summed E-state index contributed by atoms with van der Waals surface area (Å²) in [5.41, 5.74) is 3.37. The Labute approximate surface area is 142 Å². The van der Waals surface area contributed by atoms with E-state index in [1.807, 2.05) is 0 Å². The smallest absolute Gasteiger partial charge is 0.0432 e. The van der Waals surface area contributed by atoms with E-state index in [0.717, 1.165) is 24.3 Å². The molecule has 128 valence electrons. The van der Waals surface area contributed by atoms with E-state index in [2.05, 4.69) is 50.7 Å². The summed E-state index contributed by atoms with van der Waals surface area (Å²) in [6.07, 6.45) is 8.38. The quantitative estimate of drug-likeness (QED) is 0.659. The van der Waals surface area contributed by atoms with E-state index in [0.29, 0.717) is 5.92 Å². The molecule has 0 amide bonds. The Morgan fingerprint density at radius 2 is 1.96 bits per heavy atom. The molecule has 2 saturated carbocycles. The van der Waals surface area contributed by atoms with Gasteiger partial charge in [0.1, 0.15) is 0 Å². The molecular weight excluding hydrogens is 299 g/mol. The lowest BCUT2D eigenvalue weighted by atomic mass is 9.52. The van der Waals surface area contributed by atoms with Crippen molar-refractivity contribution in [3.63, 3.8) is 0 Å². The van der Waals surface area contributed by atoms with Crippen LogP contribution in [0, 0.1) is 22.4 Å². The lowest BCUT2D eigenvalue weighted by Gasteiger charge is -2.54. The van der Waals surface area contributed by atoms with Gasteiger partial charge in [-0.25, -0.2) is 0 Å². The van der Waals surface area contributed by atoms with Crippen LogP contribution in [0.4, 0.5) is 5.69 Å². The van der Waals surface area contributed by atoms with Crippen LogP contribution in [0.1, 0.15) is 51.5 Å². The molecule has 2 aliphatic carbocycles. The first-order valence-electron chi connectivity index (χ1n) is 9.24. The minimum Gasteiger partial charge on any atom is -0.384 e. The zero-order valence-electron chi connectivity index (χ0n) is 15.3. The average Bonchev–Trinajstić information content (AvgIpc) is 2.34. The van der Waals surface area contributed by atoms with Crippen LogP contribution in [0.15, 0.2) is 18.2 Å². The summed E-state index contributed by atoms with van der Waals surface area (Å²) >= 11 is 0. The number of rotatable bonds is 6. The van der Waals surface area contributed by atoms with Crippen molar-refractivity contribution in [3.05, 3.63) is 23.8 Å². The van der Waals surface area contributed by atoms with E-state index in [1.54, 1.807) is 0 Å². The molecule has 0 unspecified atom stereocenters. The lowest BCUT2D eigenvalue weighted by molar-refractivity contribution is -0.0185. The van der Waals surface area contributed by atoms with Gasteiger partial charge in [0, 0.05) is 17.5 Å². The summed E-state index contributed by atoms with van der Waals surface area (Å²) in [5, 5.41) is 13.6. The maximum Gasteiger partial charge on any atom is 0.0432 e. The van der Waals surface area contributed by atoms with Crippen molar-refractivity contribution in [3.8, 4) is 0 Å². The number of benzene rings is 1. The normalized spacial score (nSPS) is 20.4. The lowest BCUT2D eigenvalue weighted by Crippen LogP contribution is -2.45. The van der Waals surface area contributed by atoms with Gasteiger partial charge in [-0.2, -0.15) is 0 Å². The molecule has 0 saturated heterocycles. The fourth-order valence-corrected chi connectivity index (χ4v) is 5.68. The van der Waals surface area contributed by atoms with Crippen molar-refractivity contribution in [2.45, 2.75) is 52.4 Å². The third-order valence-electron chi connectivity index (χ3n) is 5.75. The molecule has 1 aromatic rings. The van der Waals surface area contributed by atoms with Gasteiger partial charge < -0.3 is 10.5 Å². The summed E-state index contributed by atoms with van der Waals surface area (Å²) in [7, 11) is -1.76. The van der Waals surface area contributed by atoms with Gasteiger partial charge in [-0.05, 0) is 87.4 Å². The van der Waals surface area contributed by atoms with Gasteiger partial charge in [-0.1, -0.05) is 26.3 Å². The van der Waals surface area contributed by atoms with Crippen molar-refractivity contribution in [1.82, 2.24) is 0 Å². The summed E-state index contributed by atoms with van der Waals surface area (Å²) in [6.45, 7) is 9.84. The summed E-state index contributed by atoms with van der Waals surface area (Å²) in [4.78, 5) is 0. The minimum atomic E-state index is -1.76. The van der Waals surface area contributed by atoms with Gasteiger partial charge in [0.05, 0.1) is 0 Å². The second-order valence-electron chi connectivity index (χ2n) is 8.91.